The number of ether oxygens (including phenoxy) is 1. The van der Waals surface area contributed by atoms with Crippen molar-refractivity contribution in [3.05, 3.63) is 83.4 Å². The lowest BCUT2D eigenvalue weighted by atomic mass is 9.82. The first-order valence-electron chi connectivity index (χ1n) is 12.8. The van der Waals surface area contributed by atoms with Gasteiger partial charge in [0, 0.05) is 18.5 Å². The molecule has 0 spiro atoms. The summed E-state index contributed by atoms with van der Waals surface area (Å²) in [5, 5.41) is 0. The molecule has 0 unspecified atom stereocenters. The summed E-state index contributed by atoms with van der Waals surface area (Å²) >= 11 is 0. The monoisotopic (exact) mass is 501 g/mol. The third kappa shape index (κ3) is 7.45. The lowest BCUT2D eigenvalue weighted by molar-refractivity contribution is -0.142. The number of piperidine rings is 1. The minimum Gasteiger partial charge on any atom is -0.469 e. The Labute approximate surface area is 213 Å². The first-order valence-corrected chi connectivity index (χ1v) is 12.8. The number of esters is 1. The van der Waals surface area contributed by atoms with E-state index in [0.29, 0.717) is 18.8 Å². The second-order valence-corrected chi connectivity index (χ2v) is 10.3. The van der Waals surface area contributed by atoms with E-state index in [2.05, 4.69) is 49.6 Å². The van der Waals surface area contributed by atoms with E-state index in [1.165, 1.54) is 30.4 Å². The molecule has 3 nitrogen and oxygen atoms in total. The Morgan fingerprint density at radius 2 is 1.78 bits per heavy atom. The molecule has 1 aliphatic rings. The van der Waals surface area contributed by atoms with Crippen molar-refractivity contribution in [1.82, 2.24) is 4.90 Å². The Balaban J connectivity index is 1.96. The van der Waals surface area contributed by atoms with E-state index >= 15 is 0 Å². The predicted molar refractivity (Wildman–Crippen MR) is 137 cm³/mol. The molecule has 0 aromatic heterocycles. The van der Waals surface area contributed by atoms with Crippen LogP contribution < -0.4 is 0 Å². The summed E-state index contributed by atoms with van der Waals surface area (Å²) in [6, 6.07) is 14.2. The lowest BCUT2D eigenvalue weighted by Gasteiger charge is -2.44. The molecule has 0 aliphatic carbocycles. The number of allylic oxidation sites excluding steroid dienone is 1. The first-order chi connectivity index (χ1) is 17.1. The van der Waals surface area contributed by atoms with Crippen LogP contribution in [0.15, 0.2) is 61.2 Å². The molecule has 1 aliphatic heterocycles. The van der Waals surface area contributed by atoms with Gasteiger partial charge in [-0.3, -0.25) is 9.69 Å². The summed E-state index contributed by atoms with van der Waals surface area (Å²) in [4.78, 5) is 14.5. The van der Waals surface area contributed by atoms with Crippen LogP contribution in [0.1, 0.15) is 80.3 Å². The number of alkyl halides is 3. The number of halogens is 3. The van der Waals surface area contributed by atoms with Crippen LogP contribution in [0.25, 0.3) is 0 Å². The first kappa shape index (κ1) is 28.0. The standard InChI is InChI=1S/C30H38F3NO2/c1-5-6-22-8-10-24(11-9-22)27(16-7-21(2)3)34-18-17-23(20-29(35)36-4)19-28(34)25-12-14-26(15-13-25)30(31,32)33/h5,8-15,21,23,27-28H,1,6-7,16-20H2,2-4H3/t23-,27+,28-/m0/s1. The van der Waals surface area contributed by atoms with Crippen molar-refractivity contribution in [1.29, 1.82) is 0 Å². The predicted octanol–water partition coefficient (Wildman–Crippen LogP) is 7.93. The molecule has 0 radical (unpaired) electrons. The molecule has 1 saturated heterocycles. The normalized spacial score (nSPS) is 19.8. The zero-order valence-electron chi connectivity index (χ0n) is 21.6. The minimum absolute atomic E-state index is 0.0827. The molecule has 2 aromatic rings. The maximum absolute atomic E-state index is 13.2. The van der Waals surface area contributed by atoms with Gasteiger partial charge in [-0.05, 0) is 79.3 Å². The molecule has 1 heterocycles. The fourth-order valence-electron chi connectivity index (χ4n) is 5.21. The summed E-state index contributed by atoms with van der Waals surface area (Å²) in [5.74, 6) is 0.421. The number of rotatable bonds is 10. The van der Waals surface area contributed by atoms with E-state index in [9.17, 15) is 18.0 Å². The number of methoxy groups -OCH3 is 1. The van der Waals surface area contributed by atoms with E-state index in [4.69, 9.17) is 4.74 Å². The van der Waals surface area contributed by atoms with Gasteiger partial charge in [-0.1, -0.05) is 56.3 Å². The Morgan fingerprint density at radius 3 is 2.33 bits per heavy atom. The van der Waals surface area contributed by atoms with E-state index in [0.717, 1.165) is 37.8 Å². The number of likely N-dealkylation sites (tertiary alicyclic amines) is 1. The second-order valence-electron chi connectivity index (χ2n) is 10.3. The number of hydrogen-bond acceptors (Lipinski definition) is 3. The third-order valence-corrected chi connectivity index (χ3v) is 7.22. The van der Waals surface area contributed by atoms with Crippen LogP contribution >= 0.6 is 0 Å². The van der Waals surface area contributed by atoms with E-state index in [-0.39, 0.29) is 24.0 Å². The fourth-order valence-corrected chi connectivity index (χ4v) is 5.21. The highest BCUT2D eigenvalue weighted by Crippen LogP contribution is 2.43. The minimum atomic E-state index is -4.37. The van der Waals surface area contributed by atoms with Crippen molar-refractivity contribution in [2.45, 2.75) is 70.6 Å². The Hall–Kier alpha value is -2.60. The molecule has 0 amide bonds. The van der Waals surface area contributed by atoms with Crippen molar-refractivity contribution >= 4 is 5.97 Å². The third-order valence-electron chi connectivity index (χ3n) is 7.22. The van der Waals surface area contributed by atoms with Gasteiger partial charge in [-0.15, -0.1) is 6.58 Å². The highest BCUT2D eigenvalue weighted by Gasteiger charge is 2.36. The highest BCUT2D eigenvalue weighted by molar-refractivity contribution is 5.69. The van der Waals surface area contributed by atoms with Gasteiger partial charge in [0.1, 0.15) is 0 Å². The van der Waals surface area contributed by atoms with Crippen molar-refractivity contribution in [2.24, 2.45) is 11.8 Å². The van der Waals surface area contributed by atoms with Gasteiger partial charge in [0.05, 0.1) is 12.7 Å². The van der Waals surface area contributed by atoms with Crippen molar-refractivity contribution in [3.63, 3.8) is 0 Å². The zero-order valence-corrected chi connectivity index (χ0v) is 21.6. The van der Waals surface area contributed by atoms with Gasteiger partial charge in [0.25, 0.3) is 0 Å². The molecule has 36 heavy (non-hydrogen) atoms. The highest BCUT2D eigenvalue weighted by atomic mass is 19.4. The Bertz CT molecular complexity index is 983. The van der Waals surface area contributed by atoms with E-state index in [1.807, 2.05) is 6.08 Å². The number of nitrogens with zero attached hydrogens (tertiary/aromatic N) is 1. The van der Waals surface area contributed by atoms with E-state index in [1.54, 1.807) is 12.1 Å². The second kappa shape index (κ2) is 12.6. The molecule has 2 aromatic carbocycles. The quantitative estimate of drug-likeness (QED) is 0.245. The van der Waals surface area contributed by atoms with Gasteiger partial charge in [0.15, 0.2) is 0 Å². The van der Waals surface area contributed by atoms with Gasteiger partial charge < -0.3 is 4.74 Å². The van der Waals surface area contributed by atoms with Crippen LogP contribution in [-0.2, 0) is 22.1 Å². The Morgan fingerprint density at radius 1 is 1.11 bits per heavy atom. The molecule has 1 fully saturated rings. The number of hydrogen-bond donors (Lipinski definition) is 0. The van der Waals surface area contributed by atoms with Crippen molar-refractivity contribution < 1.29 is 22.7 Å². The molecular formula is C30H38F3NO2. The largest absolute Gasteiger partial charge is 0.469 e. The maximum Gasteiger partial charge on any atom is 0.416 e. The summed E-state index contributed by atoms with van der Waals surface area (Å²) in [6.45, 7) is 9.01. The molecular weight excluding hydrogens is 463 g/mol. The molecule has 0 bridgehead atoms. The molecule has 196 valence electrons. The smallest absolute Gasteiger partial charge is 0.416 e. The summed E-state index contributed by atoms with van der Waals surface area (Å²) < 4.78 is 44.6. The van der Waals surface area contributed by atoms with Crippen LogP contribution in [0, 0.1) is 11.8 Å². The van der Waals surface area contributed by atoms with Crippen LogP contribution in [0.4, 0.5) is 13.2 Å². The van der Waals surface area contributed by atoms with Crippen LogP contribution in [-0.4, -0.2) is 24.5 Å². The van der Waals surface area contributed by atoms with Crippen LogP contribution in [0.3, 0.4) is 0 Å². The topological polar surface area (TPSA) is 29.5 Å². The number of benzene rings is 2. The van der Waals surface area contributed by atoms with Gasteiger partial charge in [-0.2, -0.15) is 13.2 Å². The van der Waals surface area contributed by atoms with Gasteiger partial charge in [-0.25, -0.2) is 0 Å². The van der Waals surface area contributed by atoms with Crippen molar-refractivity contribution in [3.8, 4) is 0 Å². The van der Waals surface area contributed by atoms with E-state index < -0.39 is 11.7 Å². The molecule has 0 saturated carbocycles. The average Bonchev–Trinajstić information content (AvgIpc) is 2.85. The van der Waals surface area contributed by atoms with Gasteiger partial charge >= 0.3 is 12.1 Å². The zero-order chi connectivity index (χ0) is 26.3. The van der Waals surface area contributed by atoms with Gasteiger partial charge in [0.2, 0.25) is 0 Å². The summed E-state index contributed by atoms with van der Waals surface area (Å²) in [6.07, 6.45) is 2.20. The average molecular weight is 502 g/mol. The van der Waals surface area contributed by atoms with Crippen LogP contribution in [0.2, 0.25) is 0 Å². The van der Waals surface area contributed by atoms with Crippen LogP contribution in [0.5, 0.6) is 0 Å². The van der Waals surface area contributed by atoms with Crippen molar-refractivity contribution in [2.75, 3.05) is 13.7 Å². The maximum atomic E-state index is 13.2. The molecule has 6 heteroatoms. The number of carbonyl (C=O) groups excluding carboxylic acids is 1. The fraction of sp³-hybridized carbons (Fsp3) is 0.500. The molecule has 0 N–H and O–H groups in total. The molecule has 3 rings (SSSR count). The Kier molecular flexibility index (Phi) is 9.77. The SMILES string of the molecule is C=CCc1ccc([C@@H](CCC(C)C)N2CC[C@H](CC(=O)OC)C[C@H]2c2ccc(C(F)(F)F)cc2)cc1. The summed E-state index contributed by atoms with van der Waals surface area (Å²) in [7, 11) is 1.39. The summed E-state index contributed by atoms with van der Waals surface area (Å²) in [5.41, 5.74) is 2.63. The number of carbonyl (C=O) groups is 1. The lowest BCUT2D eigenvalue weighted by Crippen LogP contribution is -2.40. The molecule has 3 atom stereocenters.